The summed E-state index contributed by atoms with van der Waals surface area (Å²) in [5, 5.41) is 7.43. The monoisotopic (exact) mass is 192 g/mol. The van der Waals surface area contributed by atoms with Gasteiger partial charge in [-0.2, -0.15) is 5.10 Å². The van der Waals surface area contributed by atoms with Crippen molar-refractivity contribution in [3.8, 4) is 0 Å². The van der Waals surface area contributed by atoms with Crippen LogP contribution in [0.5, 0.6) is 0 Å². The third kappa shape index (κ3) is 1.72. The Bertz CT molecular complexity index is 327. The van der Waals surface area contributed by atoms with Crippen molar-refractivity contribution in [2.45, 2.75) is 12.5 Å². The van der Waals surface area contributed by atoms with Gasteiger partial charge in [-0.25, -0.2) is 0 Å². The predicted octanol–water partition coefficient (Wildman–Crippen LogP) is -0.350. The minimum Gasteiger partial charge on any atom is -0.336 e. The fraction of sp³-hybridized carbons (Fsp3) is 0.444. The molecule has 0 aliphatic carbocycles. The van der Waals surface area contributed by atoms with Crippen LogP contribution in [0.4, 0.5) is 0 Å². The van der Waals surface area contributed by atoms with E-state index in [2.05, 4.69) is 10.2 Å². The summed E-state index contributed by atoms with van der Waals surface area (Å²) in [5.41, 5.74) is 6.10. The van der Waals surface area contributed by atoms with Crippen LogP contribution in [0.1, 0.15) is 16.9 Å². The van der Waals surface area contributed by atoms with Crippen molar-refractivity contribution < 1.29 is 4.79 Å². The summed E-state index contributed by atoms with van der Waals surface area (Å²) in [5.74, 6) is -0.0777. The van der Waals surface area contributed by atoms with E-state index < -0.39 is 0 Å². The van der Waals surface area contributed by atoms with Gasteiger partial charge in [0, 0.05) is 25.3 Å². The van der Waals surface area contributed by atoms with Gasteiger partial charge >= 0.3 is 0 Å². The first kappa shape index (κ1) is 9.08. The summed E-state index contributed by atoms with van der Waals surface area (Å²) in [6.07, 6.45) is 2.42. The largest absolute Gasteiger partial charge is 0.336 e. The van der Waals surface area contributed by atoms with E-state index >= 15 is 0 Å². The van der Waals surface area contributed by atoms with Crippen molar-refractivity contribution >= 4 is 5.91 Å². The number of nitrogens with zero attached hydrogens (tertiary/aromatic N) is 3. The van der Waals surface area contributed by atoms with Crippen LogP contribution in [0.25, 0.3) is 0 Å². The molecule has 74 valence electrons. The lowest BCUT2D eigenvalue weighted by atomic mass is 10.3. The summed E-state index contributed by atoms with van der Waals surface area (Å²) in [6.45, 7) is 1.34. The average Bonchev–Trinajstić information content (AvgIpc) is 2.65. The molecule has 1 amide bonds. The first-order chi connectivity index (χ1) is 6.77. The van der Waals surface area contributed by atoms with E-state index in [9.17, 15) is 4.79 Å². The van der Waals surface area contributed by atoms with Gasteiger partial charge in [0.2, 0.25) is 0 Å². The summed E-state index contributed by atoms with van der Waals surface area (Å²) in [6, 6.07) is 3.48. The Morgan fingerprint density at radius 3 is 3.07 bits per heavy atom. The number of amides is 1. The van der Waals surface area contributed by atoms with Gasteiger partial charge in [-0.1, -0.05) is 0 Å². The summed E-state index contributed by atoms with van der Waals surface area (Å²) < 4.78 is 0. The minimum atomic E-state index is -0.0777. The number of hydrogen-bond donors (Lipinski definition) is 1. The van der Waals surface area contributed by atoms with E-state index in [4.69, 9.17) is 5.73 Å². The molecule has 1 aromatic heterocycles. The molecule has 1 fully saturated rings. The first-order valence-electron chi connectivity index (χ1n) is 4.60. The number of carbonyl (C=O) groups is 1. The standard InChI is InChI=1S/C9H12N4O/c10-7-3-5-13(6-7)9(14)8-2-1-4-11-12-8/h1-2,4,7H,3,5-6,10H2. The molecular weight excluding hydrogens is 180 g/mol. The summed E-state index contributed by atoms with van der Waals surface area (Å²) in [4.78, 5) is 13.5. The lowest BCUT2D eigenvalue weighted by Gasteiger charge is -2.14. The highest BCUT2D eigenvalue weighted by molar-refractivity contribution is 5.92. The van der Waals surface area contributed by atoms with Gasteiger partial charge in [-0.3, -0.25) is 4.79 Å². The van der Waals surface area contributed by atoms with Crippen LogP contribution in [0.15, 0.2) is 18.3 Å². The van der Waals surface area contributed by atoms with Crippen LogP contribution in [0, 0.1) is 0 Å². The molecule has 0 radical (unpaired) electrons. The Morgan fingerprint density at radius 1 is 1.64 bits per heavy atom. The number of rotatable bonds is 1. The Balaban J connectivity index is 2.10. The number of nitrogens with two attached hydrogens (primary N) is 1. The van der Waals surface area contributed by atoms with Gasteiger partial charge in [0.05, 0.1) is 0 Å². The molecule has 1 saturated heterocycles. The molecule has 0 spiro atoms. The fourth-order valence-electron chi connectivity index (χ4n) is 1.55. The maximum absolute atomic E-state index is 11.8. The average molecular weight is 192 g/mol. The third-order valence-corrected chi connectivity index (χ3v) is 2.30. The topological polar surface area (TPSA) is 72.1 Å². The van der Waals surface area contributed by atoms with E-state index in [1.54, 1.807) is 23.2 Å². The quantitative estimate of drug-likeness (QED) is 0.660. The van der Waals surface area contributed by atoms with Gasteiger partial charge in [-0.05, 0) is 18.6 Å². The Hall–Kier alpha value is -1.49. The highest BCUT2D eigenvalue weighted by Gasteiger charge is 2.25. The van der Waals surface area contributed by atoms with Crippen LogP contribution >= 0.6 is 0 Å². The molecule has 1 aliphatic rings. The van der Waals surface area contributed by atoms with Crippen LogP contribution in [-0.2, 0) is 0 Å². The van der Waals surface area contributed by atoms with Crippen LogP contribution in [0.3, 0.4) is 0 Å². The van der Waals surface area contributed by atoms with Crippen molar-refractivity contribution in [1.82, 2.24) is 15.1 Å². The molecule has 5 nitrogen and oxygen atoms in total. The number of hydrogen-bond acceptors (Lipinski definition) is 4. The SMILES string of the molecule is NC1CCN(C(=O)c2cccnn2)C1. The first-order valence-corrected chi connectivity index (χ1v) is 4.60. The molecule has 1 atom stereocenters. The number of carbonyl (C=O) groups excluding carboxylic acids is 1. The van der Waals surface area contributed by atoms with Crippen LogP contribution in [-0.4, -0.2) is 40.1 Å². The van der Waals surface area contributed by atoms with Crippen molar-refractivity contribution in [2.24, 2.45) is 5.73 Å². The maximum Gasteiger partial charge on any atom is 0.274 e. The highest BCUT2D eigenvalue weighted by Crippen LogP contribution is 2.10. The van der Waals surface area contributed by atoms with Crippen molar-refractivity contribution in [3.63, 3.8) is 0 Å². The normalized spacial score (nSPS) is 21.2. The van der Waals surface area contributed by atoms with Gasteiger partial charge < -0.3 is 10.6 Å². The molecule has 1 unspecified atom stereocenters. The summed E-state index contributed by atoms with van der Waals surface area (Å²) in [7, 11) is 0. The van der Waals surface area contributed by atoms with Crippen molar-refractivity contribution in [3.05, 3.63) is 24.0 Å². The number of likely N-dealkylation sites (tertiary alicyclic amines) is 1. The Labute approximate surface area is 81.9 Å². The highest BCUT2D eigenvalue weighted by atomic mass is 16.2. The molecule has 2 rings (SSSR count). The summed E-state index contributed by atoms with van der Waals surface area (Å²) >= 11 is 0. The number of aromatic nitrogens is 2. The van der Waals surface area contributed by atoms with E-state index in [1.807, 2.05) is 0 Å². The molecule has 5 heteroatoms. The third-order valence-electron chi connectivity index (χ3n) is 2.30. The Morgan fingerprint density at radius 2 is 2.50 bits per heavy atom. The van der Waals surface area contributed by atoms with E-state index in [0.29, 0.717) is 12.2 Å². The second-order valence-electron chi connectivity index (χ2n) is 3.41. The van der Waals surface area contributed by atoms with Crippen molar-refractivity contribution in [1.29, 1.82) is 0 Å². The maximum atomic E-state index is 11.8. The molecule has 0 aromatic carbocycles. The molecule has 2 N–H and O–H groups in total. The molecule has 1 aromatic rings. The smallest absolute Gasteiger partial charge is 0.274 e. The van der Waals surface area contributed by atoms with Gasteiger partial charge in [-0.15, -0.1) is 5.10 Å². The second kappa shape index (κ2) is 3.71. The molecule has 0 bridgehead atoms. The van der Waals surface area contributed by atoms with E-state index in [-0.39, 0.29) is 11.9 Å². The van der Waals surface area contributed by atoms with Crippen LogP contribution in [0.2, 0.25) is 0 Å². The molecular formula is C9H12N4O. The molecule has 1 aliphatic heterocycles. The minimum absolute atomic E-state index is 0.0777. The zero-order valence-corrected chi connectivity index (χ0v) is 7.76. The van der Waals surface area contributed by atoms with Crippen LogP contribution < -0.4 is 5.73 Å². The van der Waals surface area contributed by atoms with E-state index in [0.717, 1.165) is 13.0 Å². The van der Waals surface area contributed by atoms with E-state index in [1.165, 1.54) is 0 Å². The predicted molar refractivity (Wildman–Crippen MR) is 50.5 cm³/mol. The fourth-order valence-corrected chi connectivity index (χ4v) is 1.55. The van der Waals surface area contributed by atoms with Crippen molar-refractivity contribution in [2.75, 3.05) is 13.1 Å². The molecule has 0 saturated carbocycles. The lowest BCUT2D eigenvalue weighted by molar-refractivity contribution is 0.0784. The zero-order chi connectivity index (χ0) is 9.97. The second-order valence-corrected chi connectivity index (χ2v) is 3.41. The van der Waals surface area contributed by atoms with Gasteiger partial charge in [0.25, 0.3) is 5.91 Å². The molecule has 14 heavy (non-hydrogen) atoms. The zero-order valence-electron chi connectivity index (χ0n) is 7.76. The Kier molecular flexibility index (Phi) is 2.41. The molecule has 2 heterocycles. The van der Waals surface area contributed by atoms with Gasteiger partial charge in [0.1, 0.15) is 0 Å². The lowest BCUT2D eigenvalue weighted by Crippen LogP contribution is -2.32. The van der Waals surface area contributed by atoms with Gasteiger partial charge in [0.15, 0.2) is 5.69 Å².